The largest absolute Gasteiger partial charge is 0.507 e. The van der Waals surface area contributed by atoms with Crippen LogP contribution in [0.3, 0.4) is 0 Å². The lowest BCUT2D eigenvalue weighted by Gasteiger charge is -2.13. The molecule has 0 bridgehead atoms. The number of phenols is 1. The zero-order valence-corrected chi connectivity index (χ0v) is 14.8. The first-order chi connectivity index (χ1) is 13.3. The summed E-state index contributed by atoms with van der Waals surface area (Å²) in [6, 6.07) is 35.5. The Bertz CT molecular complexity index is 1060. The fraction of sp³-hybridized carbons (Fsp3) is 0. The molecular formula is C25H19NO. The van der Waals surface area contributed by atoms with Crippen molar-refractivity contribution in [3.8, 4) is 16.9 Å². The molecule has 0 aromatic heterocycles. The van der Waals surface area contributed by atoms with E-state index in [9.17, 15) is 5.11 Å². The van der Waals surface area contributed by atoms with Gasteiger partial charge in [-0.1, -0.05) is 91.0 Å². The zero-order valence-electron chi connectivity index (χ0n) is 14.8. The Labute approximate surface area is 159 Å². The first-order valence-corrected chi connectivity index (χ1v) is 8.90. The average Bonchev–Trinajstić information content (AvgIpc) is 2.74. The van der Waals surface area contributed by atoms with Crippen molar-refractivity contribution in [1.29, 1.82) is 0 Å². The second kappa shape index (κ2) is 7.71. The highest BCUT2D eigenvalue weighted by Crippen LogP contribution is 2.34. The van der Waals surface area contributed by atoms with E-state index in [-0.39, 0.29) is 5.75 Å². The van der Waals surface area contributed by atoms with E-state index in [0.717, 1.165) is 28.1 Å². The summed E-state index contributed by atoms with van der Waals surface area (Å²) in [5.74, 6) is 0.238. The van der Waals surface area contributed by atoms with E-state index in [2.05, 4.69) is 0 Å². The number of rotatable bonds is 4. The standard InChI is InChI=1S/C25H19NO/c27-25-22(19-11-4-1-5-12-19)17-10-18-23(25)24(20-13-6-2-7-14-20)26-21-15-8-3-9-16-21/h1-18,27H/b26-24+. The van der Waals surface area contributed by atoms with Gasteiger partial charge in [-0.05, 0) is 23.8 Å². The van der Waals surface area contributed by atoms with Crippen LogP contribution in [-0.2, 0) is 0 Å². The average molecular weight is 349 g/mol. The van der Waals surface area contributed by atoms with Crippen molar-refractivity contribution in [3.63, 3.8) is 0 Å². The number of para-hydroxylation sites is 2. The molecule has 0 aliphatic carbocycles. The van der Waals surface area contributed by atoms with Gasteiger partial charge in [-0.3, -0.25) is 0 Å². The molecule has 0 spiro atoms. The lowest BCUT2D eigenvalue weighted by atomic mass is 9.96. The molecule has 1 N–H and O–H groups in total. The van der Waals surface area contributed by atoms with Crippen molar-refractivity contribution >= 4 is 11.4 Å². The van der Waals surface area contributed by atoms with Crippen LogP contribution in [0.1, 0.15) is 11.1 Å². The molecule has 130 valence electrons. The summed E-state index contributed by atoms with van der Waals surface area (Å²) in [4.78, 5) is 4.85. The van der Waals surface area contributed by atoms with Gasteiger partial charge >= 0.3 is 0 Å². The van der Waals surface area contributed by atoms with E-state index in [4.69, 9.17) is 4.99 Å². The molecule has 2 nitrogen and oxygen atoms in total. The van der Waals surface area contributed by atoms with E-state index in [1.54, 1.807) is 0 Å². The molecule has 0 heterocycles. The molecule has 4 aromatic rings. The van der Waals surface area contributed by atoms with Crippen LogP contribution in [0.15, 0.2) is 114 Å². The summed E-state index contributed by atoms with van der Waals surface area (Å²) < 4.78 is 0. The van der Waals surface area contributed by atoms with E-state index in [0.29, 0.717) is 5.56 Å². The first-order valence-electron chi connectivity index (χ1n) is 8.90. The van der Waals surface area contributed by atoms with Crippen LogP contribution in [-0.4, -0.2) is 10.8 Å². The summed E-state index contributed by atoms with van der Waals surface area (Å²) in [6.45, 7) is 0. The molecule has 0 atom stereocenters. The molecule has 4 aromatic carbocycles. The third-order valence-corrected chi connectivity index (χ3v) is 4.42. The van der Waals surface area contributed by atoms with Crippen LogP contribution in [0.4, 0.5) is 5.69 Å². The number of nitrogens with zero attached hydrogens (tertiary/aromatic N) is 1. The predicted molar refractivity (Wildman–Crippen MR) is 112 cm³/mol. The topological polar surface area (TPSA) is 32.6 Å². The van der Waals surface area contributed by atoms with Crippen molar-refractivity contribution in [2.75, 3.05) is 0 Å². The van der Waals surface area contributed by atoms with Crippen LogP contribution in [0.5, 0.6) is 5.75 Å². The van der Waals surface area contributed by atoms with Gasteiger partial charge < -0.3 is 5.11 Å². The normalized spacial score (nSPS) is 11.3. The van der Waals surface area contributed by atoms with E-state index in [1.165, 1.54) is 0 Å². The monoisotopic (exact) mass is 349 g/mol. The zero-order chi connectivity index (χ0) is 18.5. The molecule has 0 saturated heterocycles. The Morgan fingerprint density at radius 2 is 1.19 bits per heavy atom. The minimum atomic E-state index is 0.238. The minimum Gasteiger partial charge on any atom is -0.507 e. The summed E-state index contributed by atoms with van der Waals surface area (Å²) in [5.41, 5.74) is 5.04. The third-order valence-electron chi connectivity index (χ3n) is 4.42. The number of aromatic hydroxyl groups is 1. The number of benzene rings is 4. The molecule has 27 heavy (non-hydrogen) atoms. The molecule has 0 radical (unpaired) electrons. The van der Waals surface area contributed by atoms with Crippen molar-refractivity contribution in [2.45, 2.75) is 0 Å². The summed E-state index contributed by atoms with van der Waals surface area (Å²) in [5, 5.41) is 11.1. The maximum absolute atomic E-state index is 11.1. The van der Waals surface area contributed by atoms with Gasteiger partial charge in [-0.15, -0.1) is 0 Å². The molecule has 0 amide bonds. The molecule has 0 unspecified atom stereocenters. The van der Waals surface area contributed by atoms with Gasteiger partial charge in [-0.2, -0.15) is 0 Å². The first kappa shape index (κ1) is 16.8. The van der Waals surface area contributed by atoms with Crippen LogP contribution < -0.4 is 0 Å². The predicted octanol–water partition coefficient (Wildman–Crippen LogP) is 6.23. The van der Waals surface area contributed by atoms with Gasteiger partial charge in [0.1, 0.15) is 5.75 Å². The molecule has 0 fully saturated rings. The molecule has 0 aliphatic heterocycles. The number of phenolic OH excluding ortho intramolecular Hbond substituents is 1. The van der Waals surface area contributed by atoms with Crippen molar-refractivity contribution in [3.05, 3.63) is 120 Å². The molecule has 0 saturated carbocycles. The molecule has 0 aliphatic rings. The Morgan fingerprint density at radius 3 is 1.85 bits per heavy atom. The van der Waals surface area contributed by atoms with E-state index < -0.39 is 0 Å². The van der Waals surface area contributed by atoms with Gasteiger partial charge in [0.25, 0.3) is 0 Å². The van der Waals surface area contributed by atoms with Gasteiger partial charge in [-0.25, -0.2) is 4.99 Å². The van der Waals surface area contributed by atoms with Crippen molar-refractivity contribution in [2.24, 2.45) is 4.99 Å². The number of hydrogen-bond donors (Lipinski definition) is 1. The quantitative estimate of drug-likeness (QED) is 0.435. The highest BCUT2D eigenvalue weighted by molar-refractivity contribution is 6.16. The lowest BCUT2D eigenvalue weighted by molar-refractivity contribution is 0.476. The second-order valence-corrected chi connectivity index (χ2v) is 6.23. The number of aliphatic imine (C=N–C) groups is 1. The Hall–Kier alpha value is -3.65. The maximum atomic E-state index is 11.1. The van der Waals surface area contributed by atoms with E-state index in [1.807, 2.05) is 109 Å². The Morgan fingerprint density at radius 1 is 0.593 bits per heavy atom. The van der Waals surface area contributed by atoms with Crippen LogP contribution in [0.25, 0.3) is 11.1 Å². The van der Waals surface area contributed by atoms with Crippen LogP contribution >= 0.6 is 0 Å². The SMILES string of the molecule is Oc1c(/C(=N/c2ccccc2)c2ccccc2)cccc1-c1ccccc1. The molecular weight excluding hydrogens is 330 g/mol. The summed E-state index contributed by atoms with van der Waals surface area (Å²) in [6.07, 6.45) is 0. The maximum Gasteiger partial charge on any atom is 0.132 e. The van der Waals surface area contributed by atoms with Crippen LogP contribution in [0, 0.1) is 0 Å². The second-order valence-electron chi connectivity index (χ2n) is 6.23. The lowest BCUT2D eigenvalue weighted by Crippen LogP contribution is -2.04. The third kappa shape index (κ3) is 3.65. The van der Waals surface area contributed by atoms with E-state index >= 15 is 0 Å². The fourth-order valence-electron chi connectivity index (χ4n) is 3.09. The van der Waals surface area contributed by atoms with Gasteiger partial charge in [0.05, 0.1) is 11.4 Å². The Kier molecular flexibility index (Phi) is 4.80. The van der Waals surface area contributed by atoms with Gasteiger partial charge in [0, 0.05) is 16.7 Å². The Balaban J connectivity index is 1.90. The van der Waals surface area contributed by atoms with Gasteiger partial charge in [0.2, 0.25) is 0 Å². The summed E-state index contributed by atoms with van der Waals surface area (Å²) in [7, 11) is 0. The summed E-state index contributed by atoms with van der Waals surface area (Å²) >= 11 is 0. The highest BCUT2D eigenvalue weighted by atomic mass is 16.3. The van der Waals surface area contributed by atoms with Crippen LogP contribution in [0.2, 0.25) is 0 Å². The fourth-order valence-corrected chi connectivity index (χ4v) is 3.09. The minimum absolute atomic E-state index is 0.238. The highest BCUT2D eigenvalue weighted by Gasteiger charge is 2.15. The number of hydrogen-bond acceptors (Lipinski definition) is 2. The van der Waals surface area contributed by atoms with Gasteiger partial charge in [0.15, 0.2) is 0 Å². The smallest absolute Gasteiger partial charge is 0.132 e. The van der Waals surface area contributed by atoms with Crippen molar-refractivity contribution < 1.29 is 5.11 Å². The molecule has 4 rings (SSSR count). The molecule has 2 heteroatoms. The van der Waals surface area contributed by atoms with Crippen molar-refractivity contribution in [1.82, 2.24) is 0 Å².